The maximum Gasteiger partial charge on any atom is 0.0434 e. The topological polar surface area (TPSA) is 3.24 Å². The molecule has 1 atom stereocenters. The molecule has 0 N–H and O–H groups in total. The number of allylic oxidation sites excluding steroid dienone is 1. The summed E-state index contributed by atoms with van der Waals surface area (Å²) in [7, 11) is 4.21. The minimum absolute atomic E-state index is 0. The molecule has 0 heterocycles. The second-order valence-electron chi connectivity index (χ2n) is 3.80. The first-order chi connectivity index (χ1) is 6.11. The molecular weight excluding hydrogens is 217 g/mol. The van der Waals surface area contributed by atoms with Gasteiger partial charge in [-0.3, -0.25) is 0 Å². The van der Waals surface area contributed by atoms with Crippen molar-refractivity contribution in [2.45, 2.75) is 39.2 Å². The highest BCUT2D eigenvalue weighted by atomic mass is 35.5. The maximum atomic E-state index is 5.87. The third-order valence-electron chi connectivity index (χ3n) is 2.33. The number of halogens is 2. The van der Waals surface area contributed by atoms with Crippen LogP contribution in [0, 0.1) is 0 Å². The Kier molecular flexibility index (Phi) is 11.7. The van der Waals surface area contributed by atoms with Gasteiger partial charge in [-0.15, -0.1) is 24.0 Å². The third kappa shape index (κ3) is 7.66. The van der Waals surface area contributed by atoms with Gasteiger partial charge in [0.15, 0.2) is 0 Å². The van der Waals surface area contributed by atoms with E-state index in [0.717, 1.165) is 12.8 Å². The highest BCUT2D eigenvalue weighted by Crippen LogP contribution is 2.12. The molecule has 1 unspecified atom stereocenters. The summed E-state index contributed by atoms with van der Waals surface area (Å²) in [6, 6.07) is 0.585. The minimum Gasteiger partial charge on any atom is -0.306 e. The molecule has 86 valence electrons. The van der Waals surface area contributed by atoms with E-state index in [9.17, 15) is 0 Å². The smallest absolute Gasteiger partial charge is 0.0434 e. The van der Waals surface area contributed by atoms with Gasteiger partial charge in [-0.1, -0.05) is 25.0 Å². The first-order valence-electron chi connectivity index (χ1n) is 5.02. The van der Waals surface area contributed by atoms with Crippen LogP contribution in [0.1, 0.15) is 33.1 Å². The number of alkyl halides is 1. The van der Waals surface area contributed by atoms with E-state index in [1.165, 1.54) is 12.0 Å². The van der Waals surface area contributed by atoms with Crippen molar-refractivity contribution in [3.05, 3.63) is 11.6 Å². The van der Waals surface area contributed by atoms with Crippen LogP contribution >= 0.6 is 24.0 Å². The summed E-state index contributed by atoms with van der Waals surface area (Å²) in [5.74, 6) is 0.679. The quantitative estimate of drug-likeness (QED) is 0.505. The van der Waals surface area contributed by atoms with Crippen LogP contribution in [0.15, 0.2) is 11.6 Å². The van der Waals surface area contributed by atoms with E-state index in [4.69, 9.17) is 11.6 Å². The van der Waals surface area contributed by atoms with Crippen molar-refractivity contribution < 1.29 is 0 Å². The largest absolute Gasteiger partial charge is 0.306 e. The zero-order valence-corrected chi connectivity index (χ0v) is 11.3. The highest BCUT2D eigenvalue weighted by molar-refractivity contribution is 6.19. The van der Waals surface area contributed by atoms with Crippen LogP contribution in [0.25, 0.3) is 0 Å². The van der Waals surface area contributed by atoms with E-state index < -0.39 is 0 Å². The summed E-state index contributed by atoms with van der Waals surface area (Å²) in [5.41, 5.74) is 1.38. The molecule has 0 bridgehead atoms. The standard InChI is InChI=1S/C11H22ClN.ClH/c1-5-6-7-11(9-12)8-10(2)13(3)4;/h7,10H,5-6,8-9H2,1-4H3;1H. The average molecular weight is 240 g/mol. The van der Waals surface area contributed by atoms with Crippen molar-refractivity contribution >= 4 is 24.0 Å². The monoisotopic (exact) mass is 239 g/mol. The predicted molar refractivity (Wildman–Crippen MR) is 68.7 cm³/mol. The Morgan fingerprint density at radius 2 is 2.00 bits per heavy atom. The second-order valence-corrected chi connectivity index (χ2v) is 4.07. The van der Waals surface area contributed by atoms with Crippen LogP contribution in [-0.2, 0) is 0 Å². The molecule has 0 fully saturated rings. The van der Waals surface area contributed by atoms with Crippen molar-refractivity contribution in [2.75, 3.05) is 20.0 Å². The predicted octanol–water partition coefficient (Wildman–Crippen LogP) is 3.71. The van der Waals surface area contributed by atoms with Gasteiger partial charge in [0.1, 0.15) is 0 Å². The van der Waals surface area contributed by atoms with E-state index in [-0.39, 0.29) is 12.4 Å². The molecule has 0 aliphatic rings. The Morgan fingerprint density at radius 3 is 2.36 bits per heavy atom. The molecule has 0 amide bonds. The molecule has 0 radical (unpaired) electrons. The molecule has 0 aromatic rings. The minimum atomic E-state index is 0. The number of nitrogens with zero attached hydrogens (tertiary/aromatic N) is 1. The molecular formula is C11H23Cl2N. The fourth-order valence-electron chi connectivity index (χ4n) is 1.10. The average Bonchev–Trinajstić information content (AvgIpc) is 2.11. The first-order valence-corrected chi connectivity index (χ1v) is 5.55. The molecule has 0 aromatic carbocycles. The van der Waals surface area contributed by atoms with Gasteiger partial charge in [0.05, 0.1) is 0 Å². The van der Waals surface area contributed by atoms with Crippen LogP contribution in [0.3, 0.4) is 0 Å². The molecule has 3 heteroatoms. The Morgan fingerprint density at radius 1 is 1.43 bits per heavy atom. The van der Waals surface area contributed by atoms with Crippen LogP contribution in [0.2, 0.25) is 0 Å². The van der Waals surface area contributed by atoms with E-state index in [1.54, 1.807) is 0 Å². The van der Waals surface area contributed by atoms with Gasteiger partial charge in [0, 0.05) is 11.9 Å². The van der Waals surface area contributed by atoms with Crippen LogP contribution in [0.5, 0.6) is 0 Å². The Labute approximate surface area is 99.9 Å². The molecule has 0 aliphatic heterocycles. The van der Waals surface area contributed by atoms with Gasteiger partial charge in [0.2, 0.25) is 0 Å². The summed E-state index contributed by atoms with van der Waals surface area (Å²) in [6.07, 6.45) is 5.74. The van der Waals surface area contributed by atoms with Crippen LogP contribution < -0.4 is 0 Å². The highest BCUT2D eigenvalue weighted by Gasteiger charge is 2.06. The van der Waals surface area contributed by atoms with Gasteiger partial charge >= 0.3 is 0 Å². The van der Waals surface area contributed by atoms with Gasteiger partial charge in [0.25, 0.3) is 0 Å². The van der Waals surface area contributed by atoms with Gasteiger partial charge in [-0.2, -0.15) is 0 Å². The van der Waals surface area contributed by atoms with Crippen LogP contribution in [0.4, 0.5) is 0 Å². The summed E-state index contributed by atoms with van der Waals surface area (Å²) >= 11 is 5.87. The number of hydrogen-bond acceptors (Lipinski definition) is 1. The van der Waals surface area contributed by atoms with Crippen LogP contribution in [-0.4, -0.2) is 30.9 Å². The normalized spacial score (nSPS) is 14.0. The van der Waals surface area contributed by atoms with Crippen molar-refractivity contribution in [1.29, 1.82) is 0 Å². The summed E-state index contributed by atoms with van der Waals surface area (Å²) in [4.78, 5) is 2.23. The van der Waals surface area contributed by atoms with Crippen molar-refractivity contribution in [3.8, 4) is 0 Å². The van der Waals surface area contributed by atoms with E-state index in [0.29, 0.717) is 11.9 Å². The lowest BCUT2D eigenvalue weighted by atomic mass is 10.1. The molecule has 1 nitrogen and oxygen atoms in total. The molecule has 0 aliphatic carbocycles. The van der Waals surface area contributed by atoms with Crippen molar-refractivity contribution in [3.63, 3.8) is 0 Å². The molecule has 0 saturated heterocycles. The van der Waals surface area contributed by atoms with E-state index in [2.05, 4.69) is 38.9 Å². The lowest BCUT2D eigenvalue weighted by molar-refractivity contribution is 0.312. The summed E-state index contributed by atoms with van der Waals surface area (Å²) < 4.78 is 0. The van der Waals surface area contributed by atoms with Gasteiger partial charge in [-0.25, -0.2) is 0 Å². The molecule has 0 saturated carbocycles. The second kappa shape index (κ2) is 9.82. The summed E-state index contributed by atoms with van der Waals surface area (Å²) in [6.45, 7) is 4.42. The lowest BCUT2D eigenvalue weighted by Crippen LogP contribution is -2.25. The zero-order valence-electron chi connectivity index (χ0n) is 9.72. The zero-order chi connectivity index (χ0) is 10.3. The van der Waals surface area contributed by atoms with Crippen molar-refractivity contribution in [1.82, 2.24) is 4.90 Å². The van der Waals surface area contributed by atoms with E-state index in [1.807, 2.05) is 0 Å². The fourth-order valence-corrected chi connectivity index (χ4v) is 1.32. The Hall–Kier alpha value is 0.280. The lowest BCUT2D eigenvalue weighted by Gasteiger charge is -2.20. The van der Waals surface area contributed by atoms with Gasteiger partial charge in [-0.05, 0) is 33.9 Å². The molecule has 14 heavy (non-hydrogen) atoms. The maximum absolute atomic E-state index is 5.87. The van der Waals surface area contributed by atoms with E-state index >= 15 is 0 Å². The fraction of sp³-hybridized carbons (Fsp3) is 0.818. The summed E-state index contributed by atoms with van der Waals surface area (Å²) in [5, 5.41) is 0. The Balaban J connectivity index is 0. The van der Waals surface area contributed by atoms with Crippen molar-refractivity contribution in [2.24, 2.45) is 0 Å². The first kappa shape index (κ1) is 16.7. The SMILES string of the molecule is CCCC=C(CCl)CC(C)N(C)C.Cl. The molecule has 0 rings (SSSR count). The number of hydrogen-bond donors (Lipinski definition) is 0. The van der Waals surface area contributed by atoms with Gasteiger partial charge < -0.3 is 4.90 Å². The number of unbranched alkanes of at least 4 members (excludes halogenated alkanes) is 1. The molecule has 0 aromatic heterocycles. The third-order valence-corrected chi connectivity index (χ3v) is 2.68. The Bertz CT molecular complexity index is 155. The number of rotatable bonds is 6. The molecule has 0 spiro atoms.